The minimum absolute atomic E-state index is 0.456. The van der Waals surface area contributed by atoms with Crippen LogP contribution in [0.2, 0.25) is 0 Å². The predicted octanol–water partition coefficient (Wildman–Crippen LogP) is 4.00. The van der Waals surface area contributed by atoms with E-state index in [1.165, 1.54) is 19.3 Å². The Morgan fingerprint density at radius 2 is 2.08 bits per heavy atom. The van der Waals surface area contributed by atoms with Crippen LogP contribution >= 0.6 is 11.6 Å². The lowest BCUT2D eigenvalue weighted by atomic mass is 9.92. The molecule has 0 saturated heterocycles. The molecule has 0 aromatic heterocycles. The van der Waals surface area contributed by atoms with Crippen molar-refractivity contribution in [2.24, 2.45) is 10.8 Å². The fourth-order valence-corrected chi connectivity index (χ4v) is 2.70. The average molecular weight is 187 g/mol. The van der Waals surface area contributed by atoms with Crippen LogP contribution in [0.25, 0.3) is 0 Å². The van der Waals surface area contributed by atoms with Gasteiger partial charge in [0.15, 0.2) is 0 Å². The van der Waals surface area contributed by atoms with Crippen molar-refractivity contribution in [2.45, 2.75) is 39.5 Å². The molecule has 1 fully saturated rings. The van der Waals surface area contributed by atoms with Gasteiger partial charge in [0.25, 0.3) is 0 Å². The maximum atomic E-state index is 5.99. The van der Waals surface area contributed by atoms with Crippen LogP contribution in [0.1, 0.15) is 39.5 Å². The first kappa shape index (κ1) is 10.1. The summed E-state index contributed by atoms with van der Waals surface area (Å²) in [5.74, 6) is 0.830. The van der Waals surface area contributed by atoms with Gasteiger partial charge >= 0.3 is 0 Å². The molecule has 1 aliphatic rings. The summed E-state index contributed by atoms with van der Waals surface area (Å²) < 4.78 is 0. The molecule has 1 rings (SSSR count). The summed E-state index contributed by atoms with van der Waals surface area (Å²) in [7, 11) is 0. The molecule has 70 valence electrons. The fourth-order valence-electron chi connectivity index (χ4n) is 2.11. The van der Waals surface area contributed by atoms with Crippen LogP contribution in [0.5, 0.6) is 0 Å². The maximum Gasteiger partial charge on any atom is 0.0285 e. The van der Waals surface area contributed by atoms with Gasteiger partial charge in [-0.3, -0.25) is 0 Å². The van der Waals surface area contributed by atoms with Crippen molar-refractivity contribution in [3.8, 4) is 0 Å². The lowest BCUT2D eigenvalue weighted by molar-refractivity contribution is 0.386. The third-order valence-corrected chi connectivity index (χ3v) is 3.92. The lowest BCUT2D eigenvalue weighted by Crippen LogP contribution is -2.10. The number of alkyl halides is 1. The van der Waals surface area contributed by atoms with Crippen LogP contribution in [0, 0.1) is 10.8 Å². The van der Waals surface area contributed by atoms with Gasteiger partial charge in [-0.05, 0) is 36.5 Å². The fraction of sp³-hybridized carbons (Fsp3) is 0.818. The summed E-state index contributed by atoms with van der Waals surface area (Å²) in [5, 5.41) is 0. The van der Waals surface area contributed by atoms with Crippen LogP contribution in [0.4, 0.5) is 0 Å². The maximum absolute atomic E-state index is 5.99. The molecule has 0 amide bonds. The minimum atomic E-state index is 0.456. The number of rotatable bonds is 5. The van der Waals surface area contributed by atoms with E-state index in [-0.39, 0.29) is 0 Å². The van der Waals surface area contributed by atoms with Crippen molar-refractivity contribution >= 4 is 11.6 Å². The van der Waals surface area contributed by atoms with Crippen LogP contribution in [-0.2, 0) is 0 Å². The summed E-state index contributed by atoms with van der Waals surface area (Å²) in [5.41, 5.74) is 0.952. The van der Waals surface area contributed by atoms with E-state index >= 15 is 0 Å². The zero-order valence-electron chi connectivity index (χ0n) is 8.20. The summed E-state index contributed by atoms with van der Waals surface area (Å²) in [4.78, 5) is 0. The van der Waals surface area contributed by atoms with Gasteiger partial charge in [0, 0.05) is 5.88 Å². The van der Waals surface area contributed by atoms with Crippen LogP contribution in [0.15, 0.2) is 12.7 Å². The Kier molecular flexibility index (Phi) is 2.88. The van der Waals surface area contributed by atoms with E-state index in [0.717, 1.165) is 12.3 Å². The molecule has 0 aromatic carbocycles. The van der Waals surface area contributed by atoms with E-state index in [0.29, 0.717) is 10.8 Å². The number of hydrogen-bond acceptors (Lipinski definition) is 0. The van der Waals surface area contributed by atoms with Crippen LogP contribution < -0.4 is 0 Å². The van der Waals surface area contributed by atoms with Crippen molar-refractivity contribution in [2.75, 3.05) is 5.88 Å². The highest BCUT2D eigenvalue weighted by molar-refractivity contribution is 6.18. The SMILES string of the molecule is C=CCCCC1(CCl)CC1(C)C. The first-order valence-electron chi connectivity index (χ1n) is 4.75. The molecule has 1 saturated carbocycles. The smallest absolute Gasteiger partial charge is 0.0285 e. The summed E-state index contributed by atoms with van der Waals surface area (Å²) >= 11 is 5.99. The summed E-state index contributed by atoms with van der Waals surface area (Å²) in [6, 6.07) is 0. The van der Waals surface area contributed by atoms with Gasteiger partial charge in [-0.1, -0.05) is 19.9 Å². The standard InChI is InChI=1S/C11H19Cl/c1-4-5-6-7-11(9-12)8-10(11,2)3/h4H,1,5-9H2,2-3H3. The van der Waals surface area contributed by atoms with Crippen LogP contribution in [-0.4, -0.2) is 5.88 Å². The van der Waals surface area contributed by atoms with Crippen molar-refractivity contribution in [3.05, 3.63) is 12.7 Å². The van der Waals surface area contributed by atoms with E-state index in [1.807, 2.05) is 6.08 Å². The molecule has 12 heavy (non-hydrogen) atoms. The molecule has 1 aliphatic carbocycles. The van der Waals surface area contributed by atoms with E-state index < -0.39 is 0 Å². The predicted molar refractivity (Wildman–Crippen MR) is 55.6 cm³/mol. The monoisotopic (exact) mass is 186 g/mol. The highest BCUT2D eigenvalue weighted by Crippen LogP contribution is 2.66. The highest BCUT2D eigenvalue weighted by Gasteiger charge is 2.59. The largest absolute Gasteiger partial charge is 0.126 e. The van der Waals surface area contributed by atoms with Gasteiger partial charge in [-0.25, -0.2) is 0 Å². The number of allylic oxidation sites excluding steroid dienone is 1. The highest BCUT2D eigenvalue weighted by atomic mass is 35.5. The second-order valence-electron chi connectivity index (χ2n) is 4.66. The van der Waals surface area contributed by atoms with Gasteiger partial charge < -0.3 is 0 Å². The summed E-state index contributed by atoms with van der Waals surface area (Å²) in [6.45, 7) is 8.38. The molecular formula is C11H19Cl. The molecule has 0 nitrogen and oxygen atoms in total. The van der Waals surface area contributed by atoms with E-state index in [1.54, 1.807) is 0 Å². The number of unbranched alkanes of at least 4 members (excludes halogenated alkanes) is 1. The van der Waals surface area contributed by atoms with Crippen molar-refractivity contribution < 1.29 is 0 Å². The average Bonchev–Trinajstić information content (AvgIpc) is 2.55. The van der Waals surface area contributed by atoms with Crippen molar-refractivity contribution in [1.82, 2.24) is 0 Å². The Labute approximate surface area is 81.0 Å². The van der Waals surface area contributed by atoms with E-state index in [4.69, 9.17) is 11.6 Å². The molecule has 0 aromatic rings. The Morgan fingerprint density at radius 1 is 1.50 bits per heavy atom. The Morgan fingerprint density at radius 3 is 2.42 bits per heavy atom. The molecule has 1 heteroatoms. The minimum Gasteiger partial charge on any atom is -0.126 e. The van der Waals surface area contributed by atoms with Gasteiger partial charge in [-0.2, -0.15) is 0 Å². The van der Waals surface area contributed by atoms with E-state index in [2.05, 4.69) is 20.4 Å². The number of hydrogen-bond donors (Lipinski definition) is 0. The molecule has 1 unspecified atom stereocenters. The van der Waals surface area contributed by atoms with Gasteiger partial charge in [-0.15, -0.1) is 18.2 Å². The van der Waals surface area contributed by atoms with Gasteiger partial charge in [0.2, 0.25) is 0 Å². The first-order chi connectivity index (χ1) is 5.58. The normalized spacial score (nSPS) is 31.6. The first-order valence-corrected chi connectivity index (χ1v) is 5.28. The molecule has 0 bridgehead atoms. The second-order valence-corrected chi connectivity index (χ2v) is 4.92. The topological polar surface area (TPSA) is 0 Å². The van der Waals surface area contributed by atoms with Crippen molar-refractivity contribution in [1.29, 1.82) is 0 Å². The molecule has 0 N–H and O–H groups in total. The third-order valence-electron chi connectivity index (χ3n) is 3.41. The van der Waals surface area contributed by atoms with E-state index in [9.17, 15) is 0 Å². The lowest BCUT2D eigenvalue weighted by Gasteiger charge is -2.16. The quantitative estimate of drug-likeness (QED) is 0.346. The third kappa shape index (κ3) is 1.69. The number of halogens is 1. The molecule has 0 spiro atoms. The van der Waals surface area contributed by atoms with Crippen LogP contribution in [0.3, 0.4) is 0 Å². The van der Waals surface area contributed by atoms with Gasteiger partial charge in [0.1, 0.15) is 0 Å². The summed E-state index contributed by atoms with van der Waals surface area (Å²) in [6.07, 6.45) is 6.96. The molecule has 0 heterocycles. The Balaban J connectivity index is 2.34. The Bertz CT molecular complexity index is 172. The van der Waals surface area contributed by atoms with Gasteiger partial charge in [0.05, 0.1) is 0 Å². The zero-order chi connectivity index (χ0) is 9.24. The molecule has 1 atom stereocenters. The molecule has 0 radical (unpaired) electrons. The zero-order valence-corrected chi connectivity index (χ0v) is 8.95. The molecule has 0 aliphatic heterocycles. The Hall–Kier alpha value is 0.0300. The second kappa shape index (κ2) is 3.41. The van der Waals surface area contributed by atoms with Crippen molar-refractivity contribution in [3.63, 3.8) is 0 Å². The molecular weight excluding hydrogens is 168 g/mol.